The minimum atomic E-state index is -0.187. The summed E-state index contributed by atoms with van der Waals surface area (Å²) in [6.45, 7) is 4.09. The molecule has 0 saturated heterocycles. The molecule has 0 bridgehead atoms. The highest BCUT2D eigenvalue weighted by molar-refractivity contribution is 7.15. The molecule has 0 spiro atoms. The molecular formula is C12H13N3OS2. The summed E-state index contributed by atoms with van der Waals surface area (Å²) in [5.74, 6) is 0.141. The number of rotatable bonds is 4. The molecule has 0 aromatic carbocycles. The second kappa shape index (κ2) is 5.88. The van der Waals surface area contributed by atoms with E-state index in [1.165, 1.54) is 17.4 Å². The van der Waals surface area contributed by atoms with E-state index in [0.29, 0.717) is 11.0 Å². The molecule has 0 saturated carbocycles. The fraction of sp³-hybridized carbons (Fsp3) is 0.250. The minimum absolute atomic E-state index is 0.187. The number of amides is 1. The van der Waals surface area contributed by atoms with Crippen molar-refractivity contribution in [3.8, 4) is 0 Å². The van der Waals surface area contributed by atoms with Gasteiger partial charge in [-0.25, -0.2) is 0 Å². The number of carbonyl (C=O) groups excluding carboxylic acids is 1. The highest BCUT2D eigenvalue weighted by atomic mass is 32.1. The van der Waals surface area contributed by atoms with E-state index in [1.54, 1.807) is 17.4 Å². The Balaban J connectivity index is 1.94. The second-order valence-corrected chi connectivity index (χ2v) is 5.77. The van der Waals surface area contributed by atoms with Crippen molar-refractivity contribution in [2.75, 3.05) is 5.32 Å². The van der Waals surface area contributed by atoms with Crippen LogP contribution >= 0.6 is 22.7 Å². The average Bonchev–Trinajstić information content (AvgIpc) is 2.96. The van der Waals surface area contributed by atoms with Gasteiger partial charge in [-0.15, -0.1) is 10.2 Å². The van der Waals surface area contributed by atoms with Crippen molar-refractivity contribution in [2.24, 2.45) is 0 Å². The first-order valence-electron chi connectivity index (χ1n) is 5.50. The quantitative estimate of drug-likeness (QED) is 0.873. The first-order chi connectivity index (χ1) is 8.65. The zero-order valence-corrected chi connectivity index (χ0v) is 11.7. The highest BCUT2D eigenvalue weighted by Gasteiger charge is 2.08. The molecule has 6 heteroatoms. The predicted octanol–water partition coefficient (Wildman–Crippen LogP) is 3.37. The van der Waals surface area contributed by atoms with E-state index in [0.717, 1.165) is 10.6 Å². The second-order valence-electron chi connectivity index (χ2n) is 3.98. The van der Waals surface area contributed by atoms with Crippen LogP contribution in [0.4, 0.5) is 5.13 Å². The molecule has 2 aromatic heterocycles. The summed E-state index contributed by atoms with van der Waals surface area (Å²) >= 11 is 3.01. The summed E-state index contributed by atoms with van der Waals surface area (Å²) in [7, 11) is 0. The molecule has 18 heavy (non-hydrogen) atoms. The lowest BCUT2D eigenvalue weighted by Crippen LogP contribution is -2.07. The Bertz CT molecular complexity index is 543. The molecule has 4 nitrogen and oxygen atoms in total. The summed E-state index contributed by atoms with van der Waals surface area (Å²) in [5.41, 5.74) is 1.02. The molecule has 2 heterocycles. The number of hydrogen-bond donors (Lipinski definition) is 1. The lowest BCUT2D eigenvalue weighted by molar-refractivity contribution is -0.111. The van der Waals surface area contributed by atoms with Gasteiger partial charge in [0.25, 0.3) is 0 Å². The van der Waals surface area contributed by atoms with Crippen molar-refractivity contribution < 1.29 is 4.79 Å². The molecule has 0 aliphatic carbocycles. The Labute approximate surface area is 113 Å². The van der Waals surface area contributed by atoms with Gasteiger partial charge in [0.15, 0.2) is 0 Å². The van der Waals surface area contributed by atoms with Crippen LogP contribution in [0.5, 0.6) is 0 Å². The van der Waals surface area contributed by atoms with Crippen LogP contribution < -0.4 is 5.32 Å². The maximum absolute atomic E-state index is 11.6. The Morgan fingerprint density at radius 3 is 2.89 bits per heavy atom. The van der Waals surface area contributed by atoms with Crippen molar-refractivity contribution in [1.29, 1.82) is 0 Å². The fourth-order valence-electron chi connectivity index (χ4n) is 1.21. The summed E-state index contributed by atoms with van der Waals surface area (Å²) in [6.07, 6.45) is 3.27. The van der Waals surface area contributed by atoms with Gasteiger partial charge in [-0.2, -0.15) is 11.3 Å². The number of aromatic nitrogens is 2. The number of thiophene rings is 1. The van der Waals surface area contributed by atoms with Gasteiger partial charge >= 0.3 is 0 Å². The fourth-order valence-corrected chi connectivity index (χ4v) is 2.58. The van der Waals surface area contributed by atoms with E-state index in [4.69, 9.17) is 0 Å². The van der Waals surface area contributed by atoms with Gasteiger partial charge < -0.3 is 0 Å². The average molecular weight is 279 g/mol. The molecule has 0 radical (unpaired) electrons. The van der Waals surface area contributed by atoms with Gasteiger partial charge in [0.05, 0.1) is 0 Å². The molecule has 0 atom stereocenters. The zero-order chi connectivity index (χ0) is 13.0. The number of carbonyl (C=O) groups is 1. The number of anilines is 1. The van der Waals surface area contributed by atoms with E-state index in [-0.39, 0.29) is 5.91 Å². The summed E-state index contributed by atoms with van der Waals surface area (Å²) in [4.78, 5) is 11.6. The van der Waals surface area contributed by atoms with Crippen LogP contribution in [0, 0.1) is 0 Å². The molecule has 0 aliphatic rings. The van der Waals surface area contributed by atoms with Crippen molar-refractivity contribution >= 4 is 39.8 Å². The van der Waals surface area contributed by atoms with E-state index < -0.39 is 0 Å². The van der Waals surface area contributed by atoms with Gasteiger partial charge in [-0.1, -0.05) is 25.2 Å². The molecule has 2 rings (SSSR count). The number of hydrogen-bond acceptors (Lipinski definition) is 5. The Hall–Kier alpha value is -1.53. The summed E-state index contributed by atoms with van der Waals surface area (Å²) in [6, 6.07) is 1.95. The van der Waals surface area contributed by atoms with Gasteiger partial charge in [-0.3, -0.25) is 10.1 Å². The lowest BCUT2D eigenvalue weighted by Gasteiger charge is -1.95. The maximum atomic E-state index is 11.6. The topological polar surface area (TPSA) is 54.9 Å². The monoisotopic (exact) mass is 279 g/mol. The SMILES string of the molecule is CC(C)c1nnc(NC(=O)/C=C/c2ccsc2)s1. The highest BCUT2D eigenvalue weighted by Crippen LogP contribution is 2.22. The smallest absolute Gasteiger partial charge is 0.250 e. The first kappa shape index (κ1) is 12.9. The molecule has 1 amide bonds. The van der Waals surface area contributed by atoms with Crippen molar-refractivity contribution in [3.63, 3.8) is 0 Å². The standard InChI is InChI=1S/C12H13N3OS2/c1-8(2)11-14-15-12(18-11)13-10(16)4-3-9-5-6-17-7-9/h3-8H,1-2H3,(H,13,15,16)/b4-3+. The molecule has 0 fully saturated rings. The molecule has 0 unspecified atom stereocenters. The van der Waals surface area contributed by atoms with Crippen LogP contribution in [0.2, 0.25) is 0 Å². The van der Waals surface area contributed by atoms with Crippen LogP contribution in [0.1, 0.15) is 30.3 Å². The van der Waals surface area contributed by atoms with E-state index in [1.807, 2.05) is 30.7 Å². The van der Waals surface area contributed by atoms with E-state index in [9.17, 15) is 4.79 Å². The maximum Gasteiger partial charge on any atom is 0.250 e. The van der Waals surface area contributed by atoms with Crippen LogP contribution in [0.3, 0.4) is 0 Å². The molecule has 0 aliphatic heterocycles. The first-order valence-corrected chi connectivity index (χ1v) is 7.26. The lowest BCUT2D eigenvalue weighted by atomic mass is 10.2. The molecule has 1 N–H and O–H groups in total. The van der Waals surface area contributed by atoms with Gasteiger partial charge in [0.2, 0.25) is 11.0 Å². The largest absolute Gasteiger partial charge is 0.297 e. The zero-order valence-electron chi connectivity index (χ0n) is 10.1. The Kier molecular flexibility index (Phi) is 4.22. The van der Waals surface area contributed by atoms with Crippen molar-refractivity contribution in [3.05, 3.63) is 33.5 Å². The van der Waals surface area contributed by atoms with E-state index in [2.05, 4.69) is 15.5 Å². The van der Waals surface area contributed by atoms with Crippen molar-refractivity contribution in [1.82, 2.24) is 10.2 Å². The van der Waals surface area contributed by atoms with Gasteiger partial charge in [0, 0.05) is 12.0 Å². The van der Waals surface area contributed by atoms with Crippen molar-refractivity contribution in [2.45, 2.75) is 19.8 Å². The van der Waals surface area contributed by atoms with Crippen LogP contribution in [-0.2, 0) is 4.79 Å². The van der Waals surface area contributed by atoms with Gasteiger partial charge in [-0.05, 0) is 28.5 Å². The molecule has 2 aromatic rings. The van der Waals surface area contributed by atoms with Gasteiger partial charge in [0.1, 0.15) is 5.01 Å². The molecular weight excluding hydrogens is 266 g/mol. The van der Waals surface area contributed by atoms with Crippen LogP contribution in [0.25, 0.3) is 6.08 Å². The van der Waals surface area contributed by atoms with E-state index >= 15 is 0 Å². The number of nitrogens with one attached hydrogen (secondary N) is 1. The normalized spacial score (nSPS) is 11.3. The Morgan fingerprint density at radius 1 is 1.44 bits per heavy atom. The Morgan fingerprint density at radius 2 is 2.28 bits per heavy atom. The number of nitrogens with zero attached hydrogens (tertiary/aromatic N) is 2. The third kappa shape index (κ3) is 3.48. The summed E-state index contributed by atoms with van der Waals surface area (Å²) < 4.78 is 0. The minimum Gasteiger partial charge on any atom is -0.297 e. The van der Waals surface area contributed by atoms with Crippen LogP contribution in [0.15, 0.2) is 22.9 Å². The molecule has 94 valence electrons. The summed E-state index contributed by atoms with van der Waals surface area (Å²) in [5, 5.41) is 16.1. The third-order valence-corrected chi connectivity index (χ3v) is 3.98. The third-order valence-electron chi connectivity index (χ3n) is 2.14. The van der Waals surface area contributed by atoms with Crippen LogP contribution in [-0.4, -0.2) is 16.1 Å². The predicted molar refractivity (Wildman–Crippen MR) is 76.0 cm³/mol.